The summed E-state index contributed by atoms with van der Waals surface area (Å²) in [4.78, 5) is 12.3. The van der Waals surface area contributed by atoms with Gasteiger partial charge in [-0.3, -0.25) is 4.79 Å². The van der Waals surface area contributed by atoms with Crippen LogP contribution in [0.3, 0.4) is 0 Å². The van der Waals surface area contributed by atoms with Gasteiger partial charge in [-0.2, -0.15) is 11.8 Å². The second-order valence-electron chi connectivity index (χ2n) is 4.10. The van der Waals surface area contributed by atoms with Gasteiger partial charge in [0.2, 0.25) is 0 Å². The standard InChI is InChI=1S/C13H15NO3S2/c1-9(13(15)16-2)7-18-8-10-6-11(17-14-10)12-4-3-5-19-12/h3-6,9H,7-8H2,1-2H3. The minimum atomic E-state index is -0.174. The van der Waals surface area contributed by atoms with E-state index in [1.807, 2.05) is 30.5 Å². The van der Waals surface area contributed by atoms with E-state index < -0.39 is 0 Å². The minimum absolute atomic E-state index is 0.0985. The van der Waals surface area contributed by atoms with Gasteiger partial charge in [0, 0.05) is 17.6 Å². The first-order valence-electron chi connectivity index (χ1n) is 5.85. The number of hydrogen-bond acceptors (Lipinski definition) is 6. The van der Waals surface area contributed by atoms with E-state index in [0.29, 0.717) is 5.75 Å². The maximum Gasteiger partial charge on any atom is 0.309 e. The van der Waals surface area contributed by atoms with Gasteiger partial charge in [-0.05, 0) is 11.4 Å². The number of thioether (sulfide) groups is 1. The van der Waals surface area contributed by atoms with Crippen LogP contribution in [0.2, 0.25) is 0 Å². The Labute approximate surface area is 120 Å². The molecule has 0 bridgehead atoms. The molecule has 19 heavy (non-hydrogen) atoms. The number of esters is 1. The van der Waals surface area contributed by atoms with E-state index in [-0.39, 0.29) is 11.9 Å². The third kappa shape index (κ3) is 3.84. The van der Waals surface area contributed by atoms with E-state index in [1.165, 1.54) is 7.11 Å². The van der Waals surface area contributed by atoms with Crippen LogP contribution in [0.1, 0.15) is 12.6 Å². The lowest BCUT2D eigenvalue weighted by molar-refractivity contribution is -0.143. The lowest BCUT2D eigenvalue weighted by Gasteiger charge is -2.06. The summed E-state index contributed by atoms with van der Waals surface area (Å²) in [5.74, 6) is 1.97. The van der Waals surface area contributed by atoms with Crippen molar-refractivity contribution < 1.29 is 14.1 Å². The van der Waals surface area contributed by atoms with Gasteiger partial charge in [0.25, 0.3) is 0 Å². The SMILES string of the molecule is COC(=O)C(C)CSCc1cc(-c2cccs2)on1. The van der Waals surface area contributed by atoms with Gasteiger partial charge in [-0.1, -0.05) is 18.1 Å². The van der Waals surface area contributed by atoms with Gasteiger partial charge >= 0.3 is 5.97 Å². The highest BCUT2D eigenvalue weighted by molar-refractivity contribution is 7.98. The van der Waals surface area contributed by atoms with Gasteiger partial charge in [-0.25, -0.2) is 0 Å². The lowest BCUT2D eigenvalue weighted by Crippen LogP contribution is -2.14. The van der Waals surface area contributed by atoms with Crippen molar-refractivity contribution in [2.45, 2.75) is 12.7 Å². The number of ether oxygens (including phenoxy) is 1. The van der Waals surface area contributed by atoms with E-state index in [2.05, 4.69) is 9.89 Å². The largest absolute Gasteiger partial charge is 0.469 e. The van der Waals surface area contributed by atoms with Gasteiger partial charge in [0.15, 0.2) is 5.76 Å². The molecule has 6 heteroatoms. The maximum absolute atomic E-state index is 11.2. The molecule has 0 saturated heterocycles. The molecule has 4 nitrogen and oxygen atoms in total. The number of carbonyl (C=O) groups excluding carboxylic acids is 1. The third-order valence-corrected chi connectivity index (χ3v) is 4.66. The molecule has 0 aromatic carbocycles. The van der Waals surface area contributed by atoms with Crippen molar-refractivity contribution in [1.82, 2.24) is 5.16 Å². The number of carbonyl (C=O) groups is 1. The number of thiophene rings is 1. The molecule has 1 atom stereocenters. The van der Waals surface area contributed by atoms with Crippen molar-refractivity contribution in [3.05, 3.63) is 29.3 Å². The van der Waals surface area contributed by atoms with Crippen LogP contribution in [0.25, 0.3) is 10.6 Å². The average molecular weight is 297 g/mol. The molecule has 0 saturated carbocycles. The summed E-state index contributed by atoms with van der Waals surface area (Å²) in [5.41, 5.74) is 0.894. The van der Waals surface area contributed by atoms with Crippen molar-refractivity contribution in [2.24, 2.45) is 5.92 Å². The fraction of sp³-hybridized carbons (Fsp3) is 0.385. The first kappa shape index (κ1) is 14.1. The van der Waals surface area contributed by atoms with Crippen LogP contribution in [-0.4, -0.2) is 24.0 Å². The fourth-order valence-electron chi connectivity index (χ4n) is 1.52. The molecule has 2 heterocycles. The Hall–Kier alpha value is -1.27. The van der Waals surface area contributed by atoms with E-state index in [1.54, 1.807) is 23.1 Å². The zero-order chi connectivity index (χ0) is 13.7. The third-order valence-electron chi connectivity index (χ3n) is 2.54. The van der Waals surface area contributed by atoms with E-state index in [9.17, 15) is 4.79 Å². The predicted octanol–water partition coefficient (Wildman–Crippen LogP) is 3.45. The van der Waals surface area contributed by atoms with Gasteiger partial charge in [-0.15, -0.1) is 11.3 Å². The van der Waals surface area contributed by atoms with Crippen LogP contribution in [0.5, 0.6) is 0 Å². The summed E-state index contributed by atoms with van der Waals surface area (Å²) in [7, 11) is 1.41. The first-order chi connectivity index (χ1) is 9.20. The Kier molecular flexibility index (Phi) is 5.04. The molecule has 1 unspecified atom stereocenters. The Balaban J connectivity index is 1.83. The molecule has 2 aromatic heterocycles. The molecule has 0 spiro atoms. The number of aromatic nitrogens is 1. The minimum Gasteiger partial charge on any atom is -0.469 e. The Bertz CT molecular complexity index is 522. The van der Waals surface area contributed by atoms with Crippen molar-refractivity contribution >= 4 is 29.1 Å². The Morgan fingerprint density at radius 1 is 1.63 bits per heavy atom. The number of methoxy groups -OCH3 is 1. The van der Waals surface area contributed by atoms with Gasteiger partial charge in [0.05, 0.1) is 23.6 Å². The van der Waals surface area contributed by atoms with Gasteiger partial charge < -0.3 is 9.26 Å². The molecular weight excluding hydrogens is 282 g/mol. The highest BCUT2D eigenvalue weighted by atomic mass is 32.2. The van der Waals surface area contributed by atoms with E-state index in [0.717, 1.165) is 22.1 Å². The summed E-state index contributed by atoms with van der Waals surface area (Å²) in [6, 6.07) is 5.93. The number of nitrogens with zero attached hydrogens (tertiary/aromatic N) is 1. The van der Waals surface area contributed by atoms with E-state index >= 15 is 0 Å². The number of hydrogen-bond donors (Lipinski definition) is 0. The molecule has 0 radical (unpaired) electrons. The van der Waals surface area contributed by atoms with Crippen molar-refractivity contribution in [1.29, 1.82) is 0 Å². The smallest absolute Gasteiger partial charge is 0.309 e. The summed E-state index contributed by atoms with van der Waals surface area (Å²) in [6.45, 7) is 1.86. The lowest BCUT2D eigenvalue weighted by atomic mass is 10.2. The molecule has 2 aromatic rings. The molecule has 0 amide bonds. The summed E-state index contributed by atoms with van der Waals surface area (Å²) in [5, 5.41) is 6.03. The first-order valence-corrected chi connectivity index (χ1v) is 7.89. The number of rotatable bonds is 6. The predicted molar refractivity (Wildman–Crippen MR) is 77.2 cm³/mol. The molecule has 0 aliphatic heterocycles. The molecule has 0 N–H and O–H groups in total. The highest BCUT2D eigenvalue weighted by Crippen LogP contribution is 2.26. The Morgan fingerprint density at radius 3 is 3.16 bits per heavy atom. The molecular formula is C13H15NO3S2. The van der Waals surface area contributed by atoms with Crippen LogP contribution < -0.4 is 0 Å². The van der Waals surface area contributed by atoms with Crippen LogP contribution in [0.4, 0.5) is 0 Å². The average Bonchev–Trinajstić information content (AvgIpc) is 3.07. The van der Waals surface area contributed by atoms with E-state index in [4.69, 9.17) is 4.52 Å². The zero-order valence-corrected chi connectivity index (χ0v) is 12.4. The topological polar surface area (TPSA) is 52.3 Å². The normalized spacial score (nSPS) is 12.3. The molecule has 0 aliphatic rings. The second-order valence-corrected chi connectivity index (χ2v) is 6.08. The Morgan fingerprint density at radius 2 is 2.47 bits per heavy atom. The molecule has 0 aliphatic carbocycles. The summed E-state index contributed by atoms with van der Waals surface area (Å²) < 4.78 is 9.97. The van der Waals surface area contributed by atoms with Crippen LogP contribution in [-0.2, 0) is 15.3 Å². The maximum atomic E-state index is 11.2. The fourth-order valence-corrected chi connectivity index (χ4v) is 3.15. The van der Waals surface area contributed by atoms with Crippen LogP contribution in [0, 0.1) is 5.92 Å². The monoisotopic (exact) mass is 297 g/mol. The van der Waals surface area contributed by atoms with Crippen molar-refractivity contribution in [3.8, 4) is 10.6 Å². The summed E-state index contributed by atoms with van der Waals surface area (Å²) >= 11 is 3.27. The molecule has 0 fully saturated rings. The molecule has 102 valence electrons. The van der Waals surface area contributed by atoms with Crippen molar-refractivity contribution in [3.63, 3.8) is 0 Å². The van der Waals surface area contributed by atoms with Crippen molar-refractivity contribution in [2.75, 3.05) is 12.9 Å². The van der Waals surface area contributed by atoms with Crippen LogP contribution >= 0.6 is 23.1 Å². The van der Waals surface area contributed by atoms with Gasteiger partial charge in [0.1, 0.15) is 0 Å². The summed E-state index contributed by atoms with van der Waals surface area (Å²) in [6.07, 6.45) is 0. The second kappa shape index (κ2) is 6.77. The van der Waals surface area contributed by atoms with Crippen LogP contribution in [0.15, 0.2) is 28.1 Å². The highest BCUT2D eigenvalue weighted by Gasteiger charge is 2.13. The molecule has 2 rings (SSSR count). The zero-order valence-electron chi connectivity index (χ0n) is 10.8. The quantitative estimate of drug-likeness (QED) is 0.764.